The van der Waals surface area contributed by atoms with E-state index >= 15 is 0 Å². The Morgan fingerprint density at radius 2 is 2.00 bits per heavy atom. The van der Waals surface area contributed by atoms with Gasteiger partial charge in [0.15, 0.2) is 5.96 Å². The minimum Gasteiger partial charge on any atom is -0.382 e. The van der Waals surface area contributed by atoms with Crippen molar-refractivity contribution in [3.63, 3.8) is 0 Å². The molecule has 27 heavy (non-hydrogen) atoms. The van der Waals surface area contributed by atoms with Crippen LogP contribution in [0, 0.1) is 0 Å². The van der Waals surface area contributed by atoms with Crippen molar-refractivity contribution in [1.29, 1.82) is 0 Å². The largest absolute Gasteiger partial charge is 0.382 e. The Balaban J connectivity index is 1.76. The standard InChI is InChI=1S/C19H34N6O2/c1-20-19(22-8-5-13-27-15-14-26-3)23-16-17-6-4-7-21-18(17)25-11-9-24(2)10-12-25/h4,6-7H,5,8-16H2,1-3H3,(H2,20,22,23). The lowest BCUT2D eigenvalue weighted by Gasteiger charge is -2.34. The lowest BCUT2D eigenvalue weighted by atomic mass is 10.2. The third-order valence-corrected chi connectivity index (χ3v) is 4.53. The highest BCUT2D eigenvalue weighted by atomic mass is 16.5. The predicted molar refractivity (Wildman–Crippen MR) is 109 cm³/mol. The van der Waals surface area contributed by atoms with Crippen LogP contribution in [-0.4, -0.2) is 89.6 Å². The number of aliphatic imine (C=N–C) groups is 1. The van der Waals surface area contributed by atoms with Crippen molar-refractivity contribution < 1.29 is 9.47 Å². The minimum absolute atomic E-state index is 0.636. The van der Waals surface area contributed by atoms with Gasteiger partial charge in [-0.15, -0.1) is 0 Å². The van der Waals surface area contributed by atoms with Gasteiger partial charge >= 0.3 is 0 Å². The monoisotopic (exact) mass is 378 g/mol. The zero-order valence-electron chi connectivity index (χ0n) is 16.9. The number of ether oxygens (including phenoxy) is 2. The van der Waals surface area contributed by atoms with E-state index in [1.807, 2.05) is 12.3 Å². The minimum atomic E-state index is 0.636. The Hall–Kier alpha value is -1.90. The van der Waals surface area contributed by atoms with Crippen molar-refractivity contribution in [2.75, 3.05) is 78.6 Å². The van der Waals surface area contributed by atoms with Crippen LogP contribution in [0.5, 0.6) is 0 Å². The molecule has 0 spiro atoms. The molecule has 8 heteroatoms. The molecule has 0 saturated carbocycles. The van der Waals surface area contributed by atoms with Gasteiger partial charge in [0, 0.05) is 71.8 Å². The number of hydrogen-bond donors (Lipinski definition) is 2. The first-order valence-corrected chi connectivity index (χ1v) is 9.63. The number of rotatable bonds is 10. The number of anilines is 1. The van der Waals surface area contributed by atoms with Crippen molar-refractivity contribution in [3.8, 4) is 0 Å². The van der Waals surface area contributed by atoms with Crippen LogP contribution >= 0.6 is 0 Å². The molecule has 2 heterocycles. The summed E-state index contributed by atoms with van der Waals surface area (Å²) in [5.41, 5.74) is 1.19. The van der Waals surface area contributed by atoms with Crippen LogP contribution in [0.3, 0.4) is 0 Å². The van der Waals surface area contributed by atoms with Crippen LogP contribution in [0.2, 0.25) is 0 Å². The van der Waals surface area contributed by atoms with Crippen LogP contribution in [0.1, 0.15) is 12.0 Å². The second kappa shape index (κ2) is 12.5. The molecule has 1 saturated heterocycles. The molecule has 0 radical (unpaired) electrons. The van der Waals surface area contributed by atoms with E-state index in [2.05, 4.69) is 43.5 Å². The number of aromatic nitrogens is 1. The Labute approximate surface area is 162 Å². The quantitative estimate of drug-likeness (QED) is 0.350. The van der Waals surface area contributed by atoms with E-state index < -0.39 is 0 Å². The molecule has 0 unspecified atom stereocenters. The average molecular weight is 379 g/mol. The highest BCUT2D eigenvalue weighted by Crippen LogP contribution is 2.18. The number of pyridine rings is 1. The molecule has 1 aliphatic rings. The first-order chi connectivity index (χ1) is 13.2. The van der Waals surface area contributed by atoms with Gasteiger partial charge in [0.05, 0.1) is 13.2 Å². The molecule has 2 N–H and O–H groups in total. The molecule has 8 nitrogen and oxygen atoms in total. The van der Waals surface area contributed by atoms with E-state index in [1.165, 1.54) is 5.56 Å². The SMILES string of the molecule is CN=C(NCCCOCCOC)NCc1cccnc1N1CCN(C)CC1. The fourth-order valence-electron chi connectivity index (χ4n) is 2.90. The van der Waals surface area contributed by atoms with Crippen LogP contribution in [0.15, 0.2) is 23.3 Å². The third-order valence-electron chi connectivity index (χ3n) is 4.53. The molecule has 2 rings (SSSR count). The second-order valence-corrected chi connectivity index (χ2v) is 6.59. The molecule has 1 fully saturated rings. The zero-order chi connectivity index (χ0) is 19.3. The Morgan fingerprint density at radius 1 is 1.19 bits per heavy atom. The number of guanidine groups is 1. The van der Waals surface area contributed by atoms with Crippen molar-refractivity contribution in [3.05, 3.63) is 23.9 Å². The Kier molecular flexibility index (Phi) is 9.89. The zero-order valence-corrected chi connectivity index (χ0v) is 16.9. The fourth-order valence-corrected chi connectivity index (χ4v) is 2.90. The van der Waals surface area contributed by atoms with Crippen molar-refractivity contribution >= 4 is 11.8 Å². The van der Waals surface area contributed by atoms with E-state index in [4.69, 9.17) is 9.47 Å². The summed E-state index contributed by atoms with van der Waals surface area (Å²) >= 11 is 0. The summed E-state index contributed by atoms with van der Waals surface area (Å²) in [6.07, 6.45) is 2.79. The molecule has 1 aromatic heterocycles. The van der Waals surface area contributed by atoms with Gasteiger partial charge < -0.3 is 29.9 Å². The molecule has 0 bridgehead atoms. The molecule has 1 aromatic rings. The first-order valence-electron chi connectivity index (χ1n) is 9.63. The van der Waals surface area contributed by atoms with E-state index in [0.717, 1.165) is 50.9 Å². The highest BCUT2D eigenvalue weighted by Gasteiger charge is 2.17. The van der Waals surface area contributed by atoms with Gasteiger partial charge in [-0.1, -0.05) is 6.07 Å². The molecule has 0 aromatic carbocycles. The second-order valence-electron chi connectivity index (χ2n) is 6.59. The van der Waals surface area contributed by atoms with Gasteiger partial charge in [-0.3, -0.25) is 4.99 Å². The van der Waals surface area contributed by atoms with Gasteiger partial charge in [-0.2, -0.15) is 0 Å². The van der Waals surface area contributed by atoms with Gasteiger partial charge in [0.1, 0.15) is 5.82 Å². The summed E-state index contributed by atoms with van der Waals surface area (Å²) in [6.45, 7) is 7.65. The van der Waals surface area contributed by atoms with E-state index in [9.17, 15) is 0 Å². The number of nitrogens with zero attached hydrogens (tertiary/aromatic N) is 4. The summed E-state index contributed by atoms with van der Waals surface area (Å²) in [7, 11) is 5.63. The maximum atomic E-state index is 5.47. The van der Waals surface area contributed by atoms with Crippen molar-refractivity contribution in [2.24, 2.45) is 4.99 Å². The number of likely N-dealkylation sites (N-methyl/N-ethyl adjacent to an activating group) is 1. The Bertz CT molecular complexity index is 561. The van der Waals surface area contributed by atoms with Crippen LogP contribution in [0.25, 0.3) is 0 Å². The normalized spacial score (nSPS) is 15.8. The molecular weight excluding hydrogens is 344 g/mol. The predicted octanol–water partition coefficient (Wildman–Crippen LogP) is 0.552. The Morgan fingerprint density at radius 3 is 2.74 bits per heavy atom. The molecule has 0 atom stereocenters. The van der Waals surface area contributed by atoms with E-state index in [1.54, 1.807) is 14.2 Å². The molecule has 152 valence electrons. The van der Waals surface area contributed by atoms with E-state index in [0.29, 0.717) is 26.4 Å². The summed E-state index contributed by atoms with van der Waals surface area (Å²) in [5, 5.41) is 6.71. The number of nitrogens with one attached hydrogen (secondary N) is 2. The number of methoxy groups -OCH3 is 1. The smallest absolute Gasteiger partial charge is 0.191 e. The lowest BCUT2D eigenvalue weighted by molar-refractivity contribution is 0.0698. The molecule has 0 aliphatic carbocycles. The summed E-state index contributed by atoms with van der Waals surface area (Å²) in [6, 6.07) is 4.12. The lowest BCUT2D eigenvalue weighted by Crippen LogP contribution is -2.45. The average Bonchev–Trinajstić information content (AvgIpc) is 2.70. The van der Waals surface area contributed by atoms with Crippen molar-refractivity contribution in [1.82, 2.24) is 20.5 Å². The summed E-state index contributed by atoms with van der Waals surface area (Å²) < 4.78 is 10.4. The molecule has 1 aliphatic heterocycles. The topological polar surface area (TPSA) is 74.2 Å². The van der Waals surface area contributed by atoms with Gasteiger partial charge in [-0.25, -0.2) is 4.98 Å². The highest BCUT2D eigenvalue weighted by molar-refractivity contribution is 5.79. The van der Waals surface area contributed by atoms with Gasteiger partial charge in [0.2, 0.25) is 0 Å². The molecular formula is C19H34N6O2. The van der Waals surface area contributed by atoms with Crippen LogP contribution < -0.4 is 15.5 Å². The van der Waals surface area contributed by atoms with Crippen LogP contribution in [0.4, 0.5) is 5.82 Å². The molecule has 0 amide bonds. The maximum Gasteiger partial charge on any atom is 0.191 e. The van der Waals surface area contributed by atoms with Crippen LogP contribution in [-0.2, 0) is 16.0 Å². The summed E-state index contributed by atoms with van der Waals surface area (Å²) in [4.78, 5) is 13.6. The first kappa shape index (κ1) is 21.4. The van der Waals surface area contributed by atoms with Crippen molar-refractivity contribution in [2.45, 2.75) is 13.0 Å². The number of piperazine rings is 1. The van der Waals surface area contributed by atoms with Gasteiger partial charge in [-0.05, 0) is 19.5 Å². The van der Waals surface area contributed by atoms with E-state index in [-0.39, 0.29) is 0 Å². The van der Waals surface area contributed by atoms with Gasteiger partial charge in [0.25, 0.3) is 0 Å². The summed E-state index contributed by atoms with van der Waals surface area (Å²) in [5.74, 6) is 1.86. The maximum absolute atomic E-state index is 5.47. The fraction of sp³-hybridized carbons (Fsp3) is 0.684. The third kappa shape index (κ3) is 7.70. The number of hydrogen-bond acceptors (Lipinski definition) is 6.